The highest BCUT2D eigenvalue weighted by molar-refractivity contribution is 7.45. The van der Waals surface area contributed by atoms with Crippen LogP contribution in [0.4, 0.5) is 0 Å². The molecule has 1 unspecified atom stereocenters. The number of allylic oxidation sites excluding steroid dienone is 2. The van der Waals surface area contributed by atoms with Gasteiger partial charge >= 0.3 is 11.9 Å². The molecule has 0 radical (unpaired) electrons. The lowest BCUT2D eigenvalue weighted by Gasteiger charge is -2.28. The minimum Gasteiger partial charge on any atom is -0.756 e. The fourth-order valence-corrected chi connectivity index (χ4v) is 8.03. The molecule has 0 aromatic carbocycles. The molecule has 0 aromatic rings. The van der Waals surface area contributed by atoms with Crippen LogP contribution in [0.3, 0.4) is 0 Å². The van der Waals surface area contributed by atoms with Crippen LogP contribution >= 0.6 is 7.82 Å². The summed E-state index contributed by atoms with van der Waals surface area (Å²) in [4.78, 5) is 37.7. The van der Waals surface area contributed by atoms with Crippen LogP contribution in [0.2, 0.25) is 0 Å². The second-order valence-electron chi connectivity index (χ2n) is 18.5. The molecular formula is C50H98NO8P. The molecule has 9 nitrogen and oxygen atoms in total. The maximum atomic E-state index is 12.7. The molecule has 0 saturated heterocycles. The van der Waals surface area contributed by atoms with Crippen molar-refractivity contribution < 1.29 is 42.1 Å². The highest BCUT2D eigenvalue weighted by atomic mass is 31.2. The van der Waals surface area contributed by atoms with Crippen molar-refractivity contribution in [2.45, 2.75) is 251 Å². The molecule has 0 heterocycles. The van der Waals surface area contributed by atoms with E-state index in [1.807, 2.05) is 21.1 Å². The summed E-state index contributed by atoms with van der Waals surface area (Å²) < 4.78 is 34.0. The minimum absolute atomic E-state index is 0.0272. The number of rotatable bonds is 47. The highest BCUT2D eigenvalue weighted by Crippen LogP contribution is 2.38. The van der Waals surface area contributed by atoms with Crippen LogP contribution in [0.25, 0.3) is 0 Å². The van der Waals surface area contributed by atoms with Crippen LogP contribution < -0.4 is 4.89 Å². The number of phosphoric ester groups is 1. The lowest BCUT2D eigenvalue weighted by atomic mass is 10.0. The van der Waals surface area contributed by atoms with E-state index in [1.165, 1.54) is 180 Å². The van der Waals surface area contributed by atoms with Gasteiger partial charge in [-0.3, -0.25) is 14.2 Å². The molecule has 0 aliphatic carbocycles. The van der Waals surface area contributed by atoms with E-state index in [2.05, 4.69) is 26.0 Å². The molecule has 0 aromatic heterocycles. The van der Waals surface area contributed by atoms with Crippen molar-refractivity contribution in [3.8, 4) is 0 Å². The van der Waals surface area contributed by atoms with Crippen LogP contribution in [0.5, 0.6) is 0 Å². The lowest BCUT2D eigenvalue weighted by Crippen LogP contribution is -2.37. The van der Waals surface area contributed by atoms with Gasteiger partial charge in [0.15, 0.2) is 6.10 Å². The molecule has 0 rings (SSSR count). The third-order valence-corrected chi connectivity index (χ3v) is 12.2. The van der Waals surface area contributed by atoms with Crippen LogP contribution in [0.1, 0.15) is 245 Å². The zero-order valence-electron chi connectivity index (χ0n) is 40.2. The maximum absolute atomic E-state index is 12.7. The van der Waals surface area contributed by atoms with E-state index in [1.54, 1.807) is 0 Å². The number of hydrogen-bond acceptors (Lipinski definition) is 8. The normalized spacial score (nSPS) is 13.5. The summed E-state index contributed by atoms with van der Waals surface area (Å²) in [5, 5.41) is 0. The van der Waals surface area contributed by atoms with Gasteiger partial charge in [-0.05, 0) is 38.5 Å². The van der Waals surface area contributed by atoms with Gasteiger partial charge in [-0.25, -0.2) is 0 Å². The van der Waals surface area contributed by atoms with Gasteiger partial charge in [0.25, 0.3) is 7.82 Å². The average molecular weight is 872 g/mol. The fourth-order valence-electron chi connectivity index (χ4n) is 7.30. The summed E-state index contributed by atoms with van der Waals surface area (Å²) in [6, 6.07) is 0. The number of ether oxygens (including phenoxy) is 2. The molecule has 0 saturated carbocycles. The topological polar surface area (TPSA) is 111 Å². The molecule has 0 amide bonds. The third kappa shape index (κ3) is 46.3. The molecule has 356 valence electrons. The predicted octanol–water partition coefficient (Wildman–Crippen LogP) is 14.3. The molecule has 0 fully saturated rings. The van der Waals surface area contributed by atoms with Crippen LogP contribution in [0, 0.1) is 0 Å². The Morgan fingerprint density at radius 1 is 0.500 bits per heavy atom. The zero-order chi connectivity index (χ0) is 44.3. The molecular weight excluding hydrogens is 774 g/mol. The minimum atomic E-state index is -4.62. The molecule has 60 heavy (non-hydrogen) atoms. The first-order valence-corrected chi connectivity index (χ1v) is 26.9. The van der Waals surface area contributed by atoms with E-state index >= 15 is 0 Å². The number of nitrogens with zero attached hydrogens (tertiary/aromatic N) is 1. The number of carbonyl (C=O) groups excluding carboxylic acids is 2. The zero-order valence-corrected chi connectivity index (χ0v) is 41.1. The summed E-state index contributed by atoms with van der Waals surface area (Å²) in [6.45, 7) is 4.27. The summed E-state index contributed by atoms with van der Waals surface area (Å²) in [6.07, 6.45) is 46.6. The smallest absolute Gasteiger partial charge is 0.306 e. The van der Waals surface area contributed by atoms with Gasteiger partial charge in [-0.15, -0.1) is 0 Å². The third-order valence-electron chi connectivity index (χ3n) is 11.3. The van der Waals surface area contributed by atoms with Crippen molar-refractivity contribution in [2.24, 2.45) is 0 Å². The van der Waals surface area contributed by atoms with Gasteiger partial charge in [0, 0.05) is 12.8 Å². The van der Waals surface area contributed by atoms with E-state index in [0.717, 1.165) is 32.1 Å². The fraction of sp³-hybridized carbons (Fsp3) is 0.920. The van der Waals surface area contributed by atoms with Gasteiger partial charge in [0.2, 0.25) is 0 Å². The number of likely N-dealkylation sites (N-methyl/N-ethyl adjacent to an activating group) is 1. The van der Waals surface area contributed by atoms with E-state index in [0.29, 0.717) is 17.4 Å². The lowest BCUT2D eigenvalue weighted by molar-refractivity contribution is -0.870. The summed E-state index contributed by atoms with van der Waals surface area (Å²) >= 11 is 0. The van der Waals surface area contributed by atoms with Crippen molar-refractivity contribution in [3.05, 3.63) is 12.2 Å². The van der Waals surface area contributed by atoms with Crippen LogP contribution in [-0.2, 0) is 32.7 Å². The molecule has 0 aliphatic heterocycles. The van der Waals surface area contributed by atoms with Gasteiger partial charge in [0.1, 0.15) is 19.8 Å². The second-order valence-corrected chi connectivity index (χ2v) is 20.0. The van der Waals surface area contributed by atoms with E-state index < -0.39 is 26.5 Å². The monoisotopic (exact) mass is 872 g/mol. The summed E-state index contributed by atoms with van der Waals surface area (Å²) in [5.74, 6) is -0.820. The molecule has 10 heteroatoms. The van der Waals surface area contributed by atoms with Crippen molar-refractivity contribution in [1.29, 1.82) is 0 Å². The predicted molar refractivity (Wildman–Crippen MR) is 250 cm³/mol. The van der Waals surface area contributed by atoms with Gasteiger partial charge in [-0.2, -0.15) is 0 Å². The Bertz CT molecular complexity index is 1030. The summed E-state index contributed by atoms with van der Waals surface area (Å²) in [7, 11) is 1.18. The number of carbonyl (C=O) groups is 2. The molecule has 0 aliphatic rings. The maximum Gasteiger partial charge on any atom is 0.306 e. The molecule has 0 bridgehead atoms. The number of hydrogen-bond donors (Lipinski definition) is 0. The standard InChI is InChI=1S/C50H98NO8P/c1-6-8-10-12-14-16-18-20-22-23-24-25-26-27-29-30-32-34-36-38-40-42-49(52)56-46-48(47-58-60(54,55)57-45-44-51(3,4)5)59-50(53)43-41-39-37-35-33-31-28-21-19-17-15-13-11-9-7-2/h20,22,48H,6-19,21,23-47H2,1-5H3/b22-20-/t48-/m1/s1. The van der Waals surface area contributed by atoms with E-state index in [4.69, 9.17) is 18.5 Å². The Morgan fingerprint density at radius 3 is 1.23 bits per heavy atom. The van der Waals surface area contributed by atoms with E-state index in [9.17, 15) is 19.0 Å². The number of unbranched alkanes of at least 4 members (excludes halogenated alkanes) is 31. The van der Waals surface area contributed by atoms with Crippen molar-refractivity contribution in [3.63, 3.8) is 0 Å². The Balaban J connectivity index is 4.20. The SMILES string of the molecule is CCCCCCCC/C=C\CCCCCCCCCCCCCC(=O)OC[C@H](COP(=O)([O-])OCC[N+](C)(C)C)OC(=O)CCCCCCCCCCCCCCCCC. The Kier molecular flexibility index (Phi) is 42.1. The van der Waals surface area contributed by atoms with Crippen LogP contribution in [0.15, 0.2) is 12.2 Å². The first kappa shape index (κ1) is 58.8. The molecule has 0 N–H and O–H groups in total. The summed E-state index contributed by atoms with van der Waals surface area (Å²) in [5.41, 5.74) is 0. The Morgan fingerprint density at radius 2 is 0.850 bits per heavy atom. The molecule has 2 atom stereocenters. The average Bonchev–Trinajstić information content (AvgIpc) is 3.20. The van der Waals surface area contributed by atoms with Crippen LogP contribution in [-0.4, -0.2) is 70.0 Å². The first-order valence-electron chi connectivity index (χ1n) is 25.4. The van der Waals surface area contributed by atoms with Gasteiger partial charge in [-0.1, -0.05) is 206 Å². The van der Waals surface area contributed by atoms with E-state index in [-0.39, 0.29) is 32.0 Å². The number of esters is 2. The quantitative estimate of drug-likeness (QED) is 0.0195. The van der Waals surface area contributed by atoms with Gasteiger partial charge in [0.05, 0.1) is 27.7 Å². The van der Waals surface area contributed by atoms with Crippen molar-refractivity contribution in [2.75, 3.05) is 47.5 Å². The number of quaternary nitrogens is 1. The Labute approximate surface area is 371 Å². The Hall–Kier alpha value is -1.25. The van der Waals surface area contributed by atoms with Crippen molar-refractivity contribution in [1.82, 2.24) is 0 Å². The first-order chi connectivity index (χ1) is 29.0. The largest absolute Gasteiger partial charge is 0.756 e. The number of phosphoric acid groups is 1. The molecule has 0 spiro atoms. The van der Waals surface area contributed by atoms with Gasteiger partial charge < -0.3 is 27.9 Å². The highest BCUT2D eigenvalue weighted by Gasteiger charge is 2.21. The van der Waals surface area contributed by atoms with Crippen molar-refractivity contribution >= 4 is 19.8 Å². The second kappa shape index (κ2) is 43.0.